The summed E-state index contributed by atoms with van der Waals surface area (Å²) in [6.07, 6.45) is 1.51. The minimum atomic E-state index is -0.454. The van der Waals surface area contributed by atoms with Crippen LogP contribution in [0, 0.1) is 0 Å². The number of amides is 2. The second-order valence-corrected chi connectivity index (χ2v) is 6.06. The minimum Gasteiger partial charge on any atom is -0.493 e. The van der Waals surface area contributed by atoms with Crippen molar-refractivity contribution in [1.29, 1.82) is 0 Å². The molecule has 8 nitrogen and oxygen atoms in total. The average molecular weight is 397 g/mol. The van der Waals surface area contributed by atoms with Crippen LogP contribution in [-0.2, 0) is 20.9 Å². The van der Waals surface area contributed by atoms with Crippen molar-refractivity contribution in [2.24, 2.45) is 5.10 Å². The first-order chi connectivity index (χ1) is 14.0. The van der Waals surface area contributed by atoms with Gasteiger partial charge in [-0.25, -0.2) is 5.43 Å². The normalized spacial score (nSPS) is 10.4. The predicted molar refractivity (Wildman–Crippen MR) is 108 cm³/mol. The molecule has 0 radical (unpaired) electrons. The van der Waals surface area contributed by atoms with Crippen LogP contribution in [0.25, 0.3) is 0 Å². The van der Waals surface area contributed by atoms with Gasteiger partial charge in [0.2, 0.25) is 11.8 Å². The lowest BCUT2D eigenvalue weighted by atomic mass is 10.2. The van der Waals surface area contributed by atoms with Crippen molar-refractivity contribution in [3.63, 3.8) is 0 Å². The molecule has 0 aliphatic heterocycles. The molecule has 2 aromatic carbocycles. The van der Waals surface area contributed by atoms with Gasteiger partial charge in [0.05, 0.1) is 13.3 Å². The monoisotopic (exact) mass is 397 g/mol. The van der Waals surface area contributed by atoms with Crippen LogP contribution in [0.2, 0.25) is 0 Å². The molecule has 2 aromatic rings. The van der Waals surface area contributed by atoms with E-state index in [0.29, 0.717) is 23.6 Å². The molecule has 8 heteroatoms. The van der Waals surface area contributed by atoms with Crippen molar-refractivity contribution < 1.29 is 23.9 Å². The minimum absolute atomic E-state index is 0.0205. The molecular weight excluding hydrogens is 374 g/mol. The Labute approximate surface area is 168 Å². The van der Waals surface area contributed by atoms with Crippen LogP contribution >= 0.6 is 0 Å². The molecule has 0 heterocycles. The number of nitrogens with zero attached hydrogens (tertiary/aromatic N) is 1. The van der Waals surface area contributed by atoms with Gasteiger partial charge in [-0.1, -0.05) is 30.3 Å². The summed E-state index contributed by atoms with van der Waals surface area (Å²) in [5.41, 5.74) is 4.00. The van der Waals surface area contributed by atoms with E-state index in [4.69, 9.17) is 9.47 Å². The average Bonchev–Trinajstić information content (AvgIpc) is 2.72. The quantitative estimate of drug-likeness (QED) is 0.292. The van der Waals surface area contributed by atoms with Crippen LogP contribution in [0.3, 0.4) is 0 Å². The van der Waals surface area contributed by atoms with E-state index in [0.717, 1.165) is 5.56 Å². The zero-order chi connectivity index (χ0) is 21.1. The van der Waals surface area contributed by atoms with E-state index in [9.17, 15) is 14.4 Å². The number of hydrogen-bond acceptors (Lipinski definition) is 6. The van der Waals surface area contributed by atoms with Crippen molar-refractivity contribution in [3.8, 4) is 11.5 Å². The number of benzene rings is 2. The highest BCUT2D eigenvalue weighted by molar-refractivity contribution is 5.86. The summed E-state index contributed by atoms with van der Waals surface area (Å²) >= 11 is 0. The van der Waals surface area contributed by atoms with Gasteiger partial charge in [0, 0.05) is 26.3 Å². The second kappa shape index (κ2) is 11.2. The van der Waals surface area contributed by atoms with Crippen LogP contribution in [-0.4, -0.2) is 31.1 Å². The molecule has 152 valence electrons. The lowest BCUT2D eigenvalue weighted by molar-refractivity contribution is -0.132. The van der Waals surface area contributed by atoms with Gasteiger partial charge in [0.25, 0.3) is 0 Å². The summed E-state index contributed by atoms with van der Waals surface area (Å²) < 4.78 is 10.2. The van der Waals surface area contributed by atoms with E-state index in [-0.39, 0.29) is 24.7 Å². The predicted octanol–water partition coefficient (Wildman–Crippen LogP) is 2.17. The first-order valence-electron chi connectivity index (χ1n) is 8.97. The largest absolute Gasteiger partial charge is 0.493 e. The zero-order valence-corrected chi connectivity index (χ0v) is 16.3. The van der Waals surface area contributed by atoms with Gasteiger partial charge in [-0.2, -0.15) is 5.10 Å². The molecular formula is C21H23N3O5. The summed E-state index contributed by atoms with van der Waals surface area (Å²) in [4.78, 5) is 34.7. The van der Waals surface area contributed by atoms with Crippen LogP contribution in [0.4, 0.5) is 0 Å². The molecule has 0 atom stereocenters. The highest BCUT2D eigenvalue weighted by Crippen LogP contribution is 2.27. The highest BCUT2D eigenvalue weighted by Gasteiger charge is 2.08. The van der Waals surface area contributed by atoms with Crippen molar-refractivity contribution in [2.75, 3.05) is 7.11 Å². The Morgan fingerprint density at radius 3 is 2.41 bits per heavy atom. The number of nitrogens with one attached hydrogen (secondary N) is 2. The zero-order valence-electron chi connectivity index (χ0n) is 16.3. The van der Waals surface area contributed by atoms with E-state index in [1.165, 1.54) is 20.2 Å². The number of carbonyl (C=O) groups is 3. The Bertz CT molecular complexity index is 881. The summed E-state index contributed by atoms with van der Waals surface area (Å²) in [7, 11) is 1.45. The van der Waals surface area contributed by atoms with E-state index >= 15 is 0 Å². The fraction of sp³-hybridized carbons (Fsp3) is 0.238. The molecule has 0 aliphatic rings. The molecule has 2 rings (SSSR count). The Morgan fingerprint density at radius 2 is 1.72 bits per heavy atom. The molecule has 2 N–H and O–H groups in total. The number of hydrazone groups is 1. The molecule has 0 spiro atoms. The molecule has 0 aliphatic carbocycles. The number of hydrogen-bond donors (Lipinski definition) is 2. The fourth-order valence-corrected chi connectivity index (χ4v) is 2.35. The summed E-state index contributed by atoms with van der Waals surface area (Å²) in [5, 5.41) is 6.62. The Balaban J connectivity index is 1.76. The summed E-state index contributed by atoms with van der Waals surface area (Å²) in [5.74, 6) is -0.378. The van der Waals surface area contributed by atoms with E-state index in [1.54, 1.807) is 18.2 Å². The first kappa shape index (κ1) is 21.6. The highest BCUT2D eigenvalue weighted by atomic mass is 16.6. The number of esters is 1. The molecule has 0 unspecified atom stereocenters. The van der Waals surface area contributed by atoms with Crippen LogP contribution < -0.4 is 20.2 Å². The number of ether oxygens (including phenoxy) is 2. The number of carbonyl (C=O) groups excluding carboxylic acids is 3. The smallest absolute Gasteiger partial charge is 0.308 e. The lowest BCUT2D eigenvalue weighted by Crippen LogP contribution is -2.25. The third-order valence-corrected chi connectivity index (χ3v) is 3.76. The summed E-state index contributed by atoms with van der Waals surface area (Å²) in [6, 6.07) is 14.4. The number of rotatable bonds is 9. The van der Waals surface area contributed by atoms with Gasteiger partial charge in [0.1, 0.15) is 0 Å². The van der Waals surface area contributed by atoms with Gasteiger partial charge in [-0.3, -0.25) is 14.4 Å². The van der Waals surface area contributed by atoms with Gasteiger partial charge < -0.3 is 14.8 Å². The fourth-order valence-electron chi connectivity index (χ4n) is 2.35. The van der Waals surface area contributed by atoms with Crippen molar-refractivity contribution in [3.05, 3.63) is 59.7 Å². The second-order valence-electron chi connectivity index (χ2n) is 6.06. The molecule has 0 aromatic heterocycles. The van der Waals surface area contributed by atoms with Crippen molar-refractivity contribution >= 4 is 24.0 Å². The van der Waals surface area contributed by atoms with E-state index < -0.39 is 5.97 Å². The van der Waals surface area contributed by atoms with Crippen molar-refractivity contribution in [2.45, 2.75) is 26.3 Å². The molecule has 0 saturated carbocycles. The third kappa shape index (κ3) is 7.84. The Hall–Kier alpha value is -3.68. The Morgan fingerprint density at radius 1 is 1.00 bits per heavy atom. The van der Waals surface area contributed by atoms with Crippen LogP contribution in [0.5, 0.6) is 11.5 Å². The van der Waals surface area contributed by atoms with Gasteiger partial charge in [-0.05, 0) is 29.3 Å². The van der Waals surface area contributed by atoms with Crippen LogP contribution in [0.15, 0.2) is 53.6 Å². The summed E-state index contributed by atoms with van der Waals surface area (Å²) in [6.45, 7) is 1.72. The molecule has 0 saturated heterocycles. The standard InChI is InChI=1S/C21H23N3O5/c1-15(25)29-18-9-8-17(12-19(18)28-2)14-23-24-21(27)11-10-20(26)22-13-16-6-4-3-5-7-16/h3-9,12,14H,10-11,13H2,1-2H3,(H,22,26)(H,24,27)/b23-14+. The van der Waals surface area contributed by atoms with Gasteiger partial charge in [-0.15, -0.1) is 0 Å². The topological polar surface area (TPSA) is 106 Å². The van der Waals surface area contributed by atoms with Gasteiger partial charge in [0.15, 0.2) is 11.5 Å². The molecule has 29 heavy (non-hydrogen) atoms. The van der Waals surface area contributed by atoms with E-state index in [2.05, 4.69) is 15.8 Å². The maximum absolute atomic E-state index is 11.8. The third-order valence-electron chi connectivity index (χ3n) is 3.76. The van der Waals surface area contributed by atoms with E-state index in [1.807, 2.05) is 30.3 Å². The lowest BCUT2D eigenvalue weighted by Gasteiger charge is -2.08. The van der Waals surface area contributed by atoms with Crippen LogP contribution in [0.1, 0.15) is 30.9 Å². The molecule has 2 amide bonds. The first-order valence-corrected chi connectivity index (χ1v) is 8.97. The SMILES string of the molecule is COc1cc(/C=N/NC(=O)CCC(=O)NCc2ccccc2)ccc1OC(C)=O. The van der Waals surface area contributed by atoms with Gasteiger partial charge >= 0.3 is 5.97 Å². The Kier molecular flexibility index (Phi) is 8.37. The molecule has 0 bridgehead atoms. The maximum atomic E-state index is 11.8. The number of methoxy groups -OCH3 is 1. The maximum Gasteiger partial charge on any atom is 0.308 e. The molecule has 0 fully saturated rings. The van der Waals surface area contributed by atoms with Crippen molar-refractivity contribution in [1.82, 2.24) is 10.7 Å².